The number of nitrogen functional groups attached to an aromatic ring is 1. The first-order valence-corrected chi connectivity index (χ1v) is 7.99. The molecule has 1 saturated heterocycles. The highest BCUT2D eigenvalue weighted by molar-refractivity contribution is 5.43. The second-order valence-electron chi connectivity index (χ2n) is 6.22. The molecule has 3 rings (SSSR count). The van der Waals surface area contributed by atoms with Crippen molar-refractivity contribution in [1.29, 1.82) is 0 Å². The first-order valence-electron chi connectivity index (χ1n) is 7.99. The van der Waals surface area contributed by atoms with E-state index in [-0.39, 0.29) is 6.10 Å². The van der Waals surface area contributed by atoms with Crippen molar-refractivity contribution in [2.75, 3.05) is 18.8 Å². The van der Waals surface area contributed by atoms with Gasteiger partial charge in [0.25, 0.3) is 0 Å². The molecule has 2 aromatic rings. The number of ether oxygens (including phenoxy) is 1. The highest BCUT2D eigenvalue weighted by Crippen LogP contribution is 2.25. The van der Waals surface area contributed by atoms with Gasteiger partial charge in [-0.15, -0.1) is 0 Å². The van der Waals surface area contributed by atoms with E-state index in [0.29, 0.717) is 5.92 Å². The van der Waals surface area contributed by atoms with Crippen LogP contribution >= 0.6 is 0 Å². The summed E-state index contributed by atoms with van der Waals surface area (Å²) < 4.78 is 6.14. The third-order valence-corrected chi connectivity index (χ3v) is 4.31. The van der Waals surface area contributed by atoms with Crippen molar-refractivity contribution in [2.24, 2.45) is 5.92 Å². The van der Waals surface area contributed by atoms with Gasteiger partial charge in [0.05, 0.1) is 0 Å². The van der Waals surface area contributed by atoms with E-state index in [0.717, 1.165) is 37.5 Å². The normalized spacial score (nSPS) is 22.4. The van der Waals surface area contributed by atoms with Crippen molar-refractivity contribution >= 4 is 5.69 Å². The van der Waals surface area contributed by atoms with Gasteiger partial charge in [0, 0.05) is 37.3 Å². The van der Waals surface area contributed by atoms with Crippen molar-refractivity contribution in [3.63, 3.8) is 0 Å². The summed E-state index contributed by atoms with van der Waals surface area (Å²) in [5.74, 6) is 1.40. The molecular formula is C19H24N2O. The summed E-state index contributed by atoms with van der Waals surface area (Å²) in [7, 11) is 0. The third-order valence-electron chi connectivity index (χ3n) is 4.31. The molecule has 0 aliphatic carbocycles. The summed E-state index contributed by atoms with van der Waals surface area (Å²) in [5, 5.41) is 0. The van der Waals surface area contributed by atoms with Gasteiger partial charge in [-0.05, 0) is 24.1 Å². The van der Waals surface area contributed by atoms with E-state index < -0.39 is 0 Å². The molecule has 0 saturated carbocycles. The van der Waals surface area contributed by atoms with E-state index in [4.69, 9.17) is 10.5 Å². The third kappa shape index (κ3) is 3.80. The molecule has 2 atom stereocenters. The van der Waals surface area contributed by atoms with Crippen LogP contribution in [0.15, 0.2) is 54.6 Å². The Hall–Kier alpha value is -2.00. The number of hydrogen-bond acceptors (Lipinski definition) is 3. The van der Waals surface area contributed by atoms with E-state index in [9.17, 15) is 0 Å². The lowest BCUT2D eigenvalue weighted by atomic mass is 9.96. The predicted octanol–water partition coefficient (Wildman–Crippen LogP) is 3.56. The summed E-state index contributed by atoms with van der Waals surface area (Å²) in [6.45, 7) is 5.44. The monoisotopic (exact) mass is 296 g/mol. The van der Waals surface area contributed by atoms with E-state index >= 15 is 0 Å². The minimum Gasteiger partial charge on any atom is -0.490 e. The largest absolute Gasteiger partial charge is 0.490 e. The summed E-state index contributed by atoms with van der Waals surface area (Å²) in [5.41, 5.74) is 7.95. The van der Waals surface area contributed by atoms with Crippen LogP contribution < -0.4 is 10.5 Å². The molecule has 0 bridgehead atoms. The molecule has 0 aromatic heterocycles. The van der Waals surface area contributed by atoms with Gasteiger partial charge in [-0.2, -0.15) is 0 Å². The second kappa shape index (κ2) is 6.84. The fraction of sp³-hybridized carbons (Fsp3) is 0.368. The van der Waals surface area contributed by atoms with Crippen LogP contribution in [0.25, 0.3) is 0 Å². The van der Waals surface area contributed by atoms with Crippen LogP contribution in [0.1, 0.15) is 18.9 Å². The summed E-state index contributed by atoms with van der Waals surface area (Å²) in [6, 6.07) is 18.4. The van der Waals surface area contributed by atoms with Crippen molar-refractivity contribution in [3.8, 4) is 5.75 Å². The topological polar surface area (TPSA) is 38.5 Å². The van der Waals surface area contributed by atoms with Gasteiger partial charge in [0.2, 0.25) is 0 Å². The number of nitrogens with two attached hydrogens (primary N) is 1. The Kier molecular flexibility index (Phi) is 4.64. The van der Waals surface area contributed by atoms with E-state index in [1.54, 1.807) is 0 Å². The molecule has 0 unspecified atom stereocenters. The number of piperidine rings is 1. The molecule has 1 fully saturated rings. The Labute approximate surface area is 132 Å². The Morgan fingerprint density at radius 1 is 1.14 bits per heavy atom. The van der Waals surface area contributed by atoms with Crippen molar-refractivity contribution in [1.82, 2.24) is 4.90 Å². The van der Waals surface area contributed by atoms with Gasteiger partial charge in [0.15, 0.2) is 0 Å². The van der Waals surface area contributed by atoms with Gasteiger partial charge in [-0.25, -0.2) is 0 Å². The minimum absolute atomic E-state index is 0.272. The maximum absolute atomic E-state index is 6.14. The Bertz CT molecular complexity index is 599. The lowest BCUT2D eigenvalue weighted by Crippen LogP contribution is -2.43. The highest BCUT2D eigenvalue weighted by Gasteiger charge is 2.27. The molecule has 2 aromatic carbocycles. The van der Waals surface area contributed by atoms with Crippen LogP contribution in [-0.2, 0) is 6.54 Å². The van der Waals surface area contributed by atoms with E-state index in [2.05, 4.69) is 42.2 Å². The molecule has 0 spiro atoms. The van der Waals surface area contributed by atoms with Gasteiger partial charge in [-0.1, -0.05) is 43.3 Å². The van der Waals surface area contributed by atoms with Crippen LogP contribution in [0.3, 0.4) is 0 Å². The maximum atomic E-state index is 6.14. The van der Waals surface area contributed by atoms with Crippen LogP contribution in [0.5, 0.6) is 5.75 Å². The zero-order valence-electron chi connectivity index (χ0n) is 13.1. The first kappa shape index (κ1) is 14.9. The van der Waals surface area contributed by atoms with Crippen LogP contribution in [-0.4, -0.2) is 24.1 Å². The molecule has 116 valence electrons. The van der Waals surface area contributed by atoms with Gasteiger partial charge >= 0.3 is 0 Å². The van der Waals surface area contributed by atoms with Gasteiger partial charge < -0.3 is 10.5 Å². The van der Waals surface area contributed by atoms with E-state index in [1.807, 2.05) is 24.3 Å². The lowest BCUT2D eigenvalue weighted by molar-refractivity contribution is 0.0491. The molecule has 0 radical (unpaired) electrons. The Morgan fingerprint density at radius 3 is 2.68 bits per heavy atom. The van der Waals surface area contributed by atoms with E-state index in [1.165, 1.54) is 5.56 Å². The average molecular weight is 296 g/mol. The number of anilines is 1. The Balaban J connectivity index is 1.56. The smallest absolute Gasteiger partial charge is 0.121 e. The zero-order chi connectivity index (χ0) is 15.4. The van der Waals surface area contributed by atoms with Crippen LogP contribution in [0, 0.1) is 5.92 Å². The molecule has 3 heteroatoms. The number of benzene rings is 2. The lowest BCUT2D eigenvalue weighted by Gasteiger charge is -2.37. The molecule has 1 heterocycles. The number of hydrogen-bond donors (Lipinski definition) is 1. The first-order chi connectivity index (χ1) is 10.7. The van der Waals surface area contributed by atoms with Crippen molar-refractivity contribution in [3.05, 3.63) is 60.2 Å². The van der Waals surface area contributed by atoms with Crippen molar-refractivity contribution in [2.45, 2.75) is 26.0 Å². The quantitative estimate of drug-likeness (QED) is 0.877. The average Bonchev–Trinajstić information content (AvgIpc) is 2.51. The molecule has 0 amide bonds. The molecule has 2 N–H and O–H groups in total. The summed E-state index contributed by atoms with van der Waals surface area (Å²) >= 11 is 0. The van der Waals surface area contributed by atoms with Gasteiger partial charge in [0.1, 0.15) is 11.9 Å². The molecule has 1 aliphatic heterocycles. The summed E-state index contributed by atoms with van der Waals surface area (Å²) in [6.07, 6.45) is 1.33. The number of likely N-dealkylation sites (tertiary alicyclic amines) is 1. The molecule has 1 aliphatic rings. The molecule has 22 heavy (non-hydrogen) atoms. The fourth-order valence-corrected chi connectivity index (χ4v) is 3.13. The maximum Gasteiger partial charge on any atom is 0.121 e. The fourth-order valence-electron chi connectivity index (χ4n) is 3.13. The highest BCUT2D eigenvalue weighted by atomic mass is 16.5. The zero-order valence-corrected chi connectivity index (χ0v) is 13.1. The SMILES string of the molecule is C[C@H]1CN(Cc2ccccc2)CC[C@@H]1Oc1cccc(N)c1. The van der Waals surface area contributed by atoms with Crippen LogP contribution in [0.2, 0.25) is 0 Å². The van der Waals surface area contributed by atoms with Crippen molar-refractivity contribution < 1.29 is 4.74 Å². The summed E-state index contributed by atoms with van der Waals surface area (Å²) in [4.78, 5) is 2.51. The molecular weight excluding hydrogens is 272 g/mol. The molecule has 3 nitrogen and oxygen atoms in total. The van der Waals surface area contributed by atoms with Gasteiger partial charge in [-0.3, -0.25) is 4.90 Å². The van der Waals surface area contributed by atoms with Crippen LogP contribution in [0.4, 0.5) is 5.69 Å². The predicted molar refractivity (Wildman–Crippen MR) is 90.8 cm³/mol. The minimum atomic E-state index is 0.272. The number of rotatable bonds is 4. The second-order valence-corrected chi connectivity index (χ2v) is 6.22. The Morgan fingerprint density at radius 2 is 1.95 bits per heavy atom. The number of nitrogens with zero attached hydrogens (tertiary/aromatic N) is 1. The standard InChI is InChI=1S/C19H24N2O/c1-15-13-21(14-16-6-3-2-4-7-16)11-10-19(15)22-18-9-5-8-17(20)12-18/h2-9,12,15,19H,10-11,13-14,20H2,1H3/t15-,19-/m0/s1.